The van der Waals surface area contributed by atoms with Gasteiger partial charge in [-0.05, 0) is 59.5 Å². The summed E-state index contributed by atoms with van der Waals surface area (Å²) in [6, 6.07) is 9.60. The van der Waals surface area contributed by atoms with E-state index in [9.17, 15) is 13.6 Å². The van der Waals surface area contributed by atoms with Crippen LogP contribution >= 0.6 is 0 Å². The number of aromatic nitrogens is 2. The predicted octanol–water partition coefficient (Wildman–Crippen LogP) is 4.93. The van der Waals surface area contributed by atoms with E-state index < -0.39 is 17.3 Å². The first-order valence-electron chi connectivity index (χ1n) is 9.85. The fourth-order valence-corrected chi connectivity index (χ4v) is 3.16. The molecule has 0 aliphatic carbocycles. The van der Waals surface area contributed by atoms with Gasteiger partial charge in [-0.1, -0.05) is 26.2 Å². The van der Waals surface area contributed by atoms with E-state index in [2.05, 4.69) is 16.7 Å². The van der Waals surface area contributed by atoms with Gasteiger partial charge in [-0.3, -0.25) is 4.52 Å². The lowest BCUT2D eigenvalue weighted by atomic mass is 10.0. The highest BCUT2D eigenvalue weighted by atomic mass is 19.2. The van der Waals surface area contributed by atoms with Gasteiger partial charge >= 0.3 is 5.63 Å². The van der Waals surface area contributed by atoms with E-state index in [1.54, 1.807) is 24.3 Å². The number of unbranched alkanes of at least 4 members (excludes halogenated alkanes) is 3. The Bertz CT molecular complexity index is 996. The average molecular weight is 403 g/mol. The highest BCUT2D eigenvalue weighted by molar-refractivity contribution is 5.66. The summed E-state index contributed by atoms with van der Waals surface area (Å²) in [4.78, 5) is 11.1. The smallest absolute Gasteiger partial charge is 0.427 e. The van der Waals surface area contributed by atoms with E-state index in [1.807, 2.05) is 6.92 Å². The first-order chi connectivity index (χ1) is 14.0. The van der Waals surface area contributed by atoms with Gasteiger partial charge in [-0.15, -0.1) is 0 Å². The van der Waals surface area contributed by atoms with Crippen LogP contribution in [0.15, 0.2) is 51.9 Å². The van der Waals surface area contributed by atoms with Crippen molar-refractivity contribution in [3.63, 3.8) is 0 Å². The zero-order valence-electron chi connectivity index (χ0n) is 16.6. The van der Waals surface area contributed by atoms with Gasteiger partial charge < -0.3 is 4.74 Å². The molecule has 29 heavy (non-hydrogen) atoms. The maximum atomic E-state index is 14.7. The number of rotatable bonds is 9. The molecule has 2 aromatic carbocycles. The van der Waals surface area contributed by atoms with Gasteiger partial charge in [0.25, 0.3) is 6.20 Å². The van der Waals surface area contributed by atoms with Crippen LogP contribution in [-0.2, 0) is 0 Å². The van der Waals surface area contributed by atoms with Crippen LogP contribution in [0.25, 0.3) is 16.8 Å². The van der Waals surface area contributed by atoms with Crippen LogP contribution in [0.4, 0.5) is 8.78 Å². The second kappa shape index (κ2) is 9.49. The molecule has 1 aromatic heterocycles. The number of hydrogen-bond acceptors (Lipinski definition) is 3. The Morgan fingerprint density at radius 1 is 1.07 bits per heavy atom. The number of halogens is 2. The van der Waals surface area contributed by atoms with Gasteiger partial charge in [-0.2, -0.15) is 4.39 Å². The third-order valence-corrected chi connectivity index (χ3v) is 4.77. The molecule has 0 bridgehead atoms. The van der Waals surface area contributed by atoms with Crippen molar-refractivity contribution < 1.29 is 22.7 Å². The quantitative estimate of drug-likeness (QED) is 0.407. The molecule has 1 heterocycles. The summed E-state index contributed by atoms with van der Waals surface area (Å²) in [5.74, 6) is -2.00. The van der Waals surface area contributed by atoms with Gasteiger partial charge in [0.1, 0.15) is 0 Å². The van der Waals surface area contributed by atoms with Gasteiger partial charge in [0, 0.05) is 17.7 Å². The number of H-pyrrole nitrogens is 1. The summed E-state index contributed by atoms with van der Waals surface area (Å²) in [7, 11) is 0. The van der Waals surface area contributed by atoms with Crippen LogP contribution < -0.4 is 15.0 Å². The summed E-state index contributed by atoms with van der Waals surface area (Å²) in [5.41, 5.74) is 0.758. The first-order valence-corrected chi connectivity index (χ1v) is 9.85. The summed E-state index contributed by atoms with van der Waals surface area (Å²) in [6.07, 6.45) is 6.29. The van der Waals surface area contributed by atoms with E-state index in [1.165, 1.54) is 29.4 Å². The van der Waals surface area contributed by atoms with Crippen molar-refractivity contribution in [1.29, 1.82) is 0 Å². The van der Waals surface area contributed by atoms with Crippen LogP contribution in [0.2, 0.25) is 0 Å². The Kier molecular flexibility index (Phi) is 6.80. The van der Waals surface area contributed by atoms with Gasteiger partial charge in [0.05, 0.1) is 6.10 Å². The highest BCUT2D eigenvalue weighted by Crippen LogP contribution is 2.31. The number of nitrogens with one attached hydrogen (secondary N) is 1. The molecule has 3 aromatic rings. The number of benzene rings is 2. The van der Waals surface area contributed by atoms with Crippen molar-refractivity contribution in [2.75, 3.05) is 0 Å². The molecule has 0 aliphatic rings. The van der Waals surface area contributed by atoms with E-state index in [-0.39, 0.29) is 17.4 Å². The van der Waals surface area contributed by atoms with Gasteiger partial charge in [0.2, 0.25) is 11.5 Å². The Morgan fingerprint density at radius 2 is 1.83 bits per heavy atom. The lowest BCUT2D eigenvalue weighted by Gasteiger charge is -2.16. The standard InChI is InChI=1S/C22H24F2N2O3/c1-3-4-5-6-7-15(2)28-19-13-12-18(21(23)22(19)24)16-8-10-17(11-9-16)26-14-20(27)29-25-26/h8-15H,3-7H2,1-2H3/p+1/t15-/m0/s1. The first kappa shape index (κ1) is 20.8. The summed E-state index contributed by atoms with van der Waals surface area (Å²) >= 11 is 0. The van der Waals surface area contributed by atoms with E-state index >= 15 is 0 Å². The van der Waals surface area contributed by atoms with Crippen LogP contribution in [0.5, 0.6) is 5.75 Å². The number of nitrogens with zero attached hydrogens (tertiary/aromatic N) is 1. The third-order valence-electron chi connectivity index (χ3n) is 4.77. The second-order valence-corrected chi connectivity index (χ2v) is 7.08. The molecule has 0 saturated carbocycles. The third kappa shape index (κ3) is 5.10. The lowest BCUT2D eigenvalue weighted by Crippen LogP contribution is -2.31. The molecule has 154 valence electrons. The molecule has 0 radical (unpaired) electrons. The Labute approximate surface area is 167 Å². The zero-order valence-corrected chi connectivity index (χ0v) is 16.6. The van der Waals surface area contributed by atoms with E-state index in [0.717, 1.165) is 25.7 Å². The maximum absolute atomic E-state index is 14.7. The molecule has 0 amide bonds. The van der Waals surface area contributed by atoms with Crippen molar-refractivity contribution >= 4 is 0 Å². The molecule has 0 unspecified atom stereocenters. The van der Waals surface area contributed by atoms with Crippen molar-refractivity contribution in [2.24, 2.45) is 0 Å². The number of hydrogen-bond donors (Lipinski definition) is 1. The molecule has 1 atom stereocenters. The van der Waals surface area contributed by atoms with Crippen LogP contribution in [0.3, 0.4) is 0 Å². The monoisotopic (exact) mass is 403 g/mol. The molecule has 0 saturated heterocycles. The lowest BCUT2D eigenvalue weighted by molar-refractivity contribution is -0.670. The fourth-order valence-electron chi connectivity index (χ4n) is 3.16. The summed E-state index contributed by atoms with van der Waals surface area (Å²) < 4.78 is 40.8. The van der Waals surface area contributed by atoms with Crippen molar-refractivity contribution in [1.82, 2.24) is 5.27 Å². The van der Waals surface area contributed by atoms with Gasteiger partial charge in [-0.25, -0.2) is 9.18 Å². The molecule has 3 rings (SSSR count). The van der Waals surface area contributed by atoms with Crippen LogP contribution in [0.1, 0.15) is 46.0 Å². The van der Waals surface area contributed by atoms with Crippen LogP contribution in [-0.4, -0.2) is 11.4 Å². The topological polar surface area (TPSA) is 59.1 Å². The van der Waals surface area contributed by atoms with E-state index in [4.69, 9.17) is 4.74 Å². The fraction of sp³-hybridized carbons (Fsp3) is 0.364. The van der Waals surface area contributed by atoms with Crippen molar-refractivity contribution in [3.8, 4) is 22.6 Å². The largest absolute Gasteiger partial charge is 0.488 e. The molecule has 7 heteroatoms. The average Bonchev–Trinajstić information content (AvgIpc) is 3.15. The Morgan fingerprint density at radius 3 is 2.48 bits per heavy atom. The minimum atomic E-state index is -0.986. The molecular formula is C22H25F2N2O3+. The normalized spacial score (nSPS) is 12.1. The molecule has 1 N–H and O–H groups in total. The number of ether oxygens (including phenoxy) is 1. The highest BCUT2D eigenvalue weighted by Gasteiger charge is 2.18. The minimum Gasteiger partial charge on any atom is -0.488 e. The Balaban J connectivity index is 1.72. The molecular weight excluding hydrogens is 378 g/mol. The minimum absolute atomic E-state index is 0.0719. The molecule has 0 fully saturated rings. The van der Waals surface area contributed by atoms with Gasteiger partial charge in [0.15, 0.2) is 11.6 Å². The Hall–Kier alpha value is -2.96. The van der Waals surface area contributed by atoms with Crippen LogP contribution in [0, 0.1) is 11.6 Å². The second-order valence-electron chi connectivity index (χ2n) is 7.08. The van der Waals surface area contributed by atoms with Crippen molar-refractivity contribution in [2.45, 2.75) is 52.1 Å². The summed E-state index contributed by atoms with van der Waals surface area (Å²) in [6.45, 7) is 4.01. The zero-order chi connectivity index (χ0) is 20.8. The molecule has 0 aliphatic heterocycles. The summed E-state index contributed by atoms with van der Waals surface area (Å²) in [5, 5.41) is 2.43. The molecule has 0 spiro atoms. The van der Waals surface area contributed by atoms with Crippen molar-refractivity contribution in [3.05, 3.63) is 64.6 Å². The maximum Gasteiger partial charge on any atom is 0.427 e. The number of aromatic amines is 1. The SMILES string of the molecule is CCCCCC[C@H](C)Oc1ccc(-c2ccc(-[n+]3cc(=O)o[nH]3)cc2)c(F)c1F. The van der Waals surface area contributed by atoms with E-state index in [0.29, 0.717) is 11.3 Å². The predicted molar refractivity (Wildman–Crippen MR) is 105 cm³/mol. The molecule has 5 nitrogen and oxygen atoms in total.